The SMILES string of the molecule is CCCNC(=O)NC(=O)Cn1cnc2sccc2c1=O. The fraction of sp³-hybridized carbons (Fsp3) is 0.333. The molecule has 2 rings (SSSR count). The predicted octanol–water partition coefficient (Wildman–Crippen LogP) is 0.694. The topological polar surface area (TPSA) is 93.1 Å². The largest absolute Gasteiger partial charge is 0.338 e. The van der Waals surface area contributed by atoms with Gasteiger partial charge in [-0.1, -0.05) is 6.92 Å². The molecule has 0 saturated carbocycles. The molecule has 2 aromatic heterocycles. The van der Waals surface area contributed by atoms with E-state index in [0.717, 1.165) is 6.42 Å². The number of hydrogen-bond acceptors (Lipinski definition) is 5. The average molecular weight is 294 g/mol. The quantitative estimate of drug-likeness (QED) is 0.867. The van der Waals surface area contributed by atoms with Gasteiger partial charge in [-0.15, -0.1) is 11.3 Å². The number of aromatic nitrogens is 2. The van der Waals surface area contributed by atoms with Gasteiger partial charge in [0.1, 0.15) is 11.4 Å². The molecule has 3 amide bonds. The highest BCUT2D eigenvalue weighted by molar-refractivity contribution is 7.16. The molecule has 0 aliphatic heterocycles. The van der Waals surface area contributed by atoms with Gasteiger partial charge in [0.25, 0.3) is 5.56 Å². The van der Waals surface area contributed by atoms with Gasteiger partial charge in [0.2, 0.25) is 5.91 Å². The Balaban J connectivity index is 2.04. The molecular weight excluding hydrogens is 280 g/mol. The van der Waals surface area contributed by atoms with Gasteiger partial charge >= 0.3 is 6.03 Å². The van der Waals surface area contributed by atoms with Crippen LogP contribution in [0.4, 0.5) is 4.79 Å². The normalized spacial score (nSPS) is 10.4. The van der Waals surface area contributed by atoms with E-state index in [9.17, 15) is 14.4 Å². The van der Waals surface area contributed by atoms with Crippen LogP contribution in [0.2, 0.25) is 0 Å². The van der Waals surface area contributed by atoms with Crippen molar-refractivity contribution in [1.82, 2.24) is 20.2 Å². The number of nitrogens with zero attached hydrogens (tertiary/aromatic N) is 2. The number of rotatable bonds is 4. The van der Waals surface area contributed by atoms with Gasteiger partial charge in [0, 0.05) is 6.54 Å². The lowest BCUT2D eigenvalue weighted by Gasteiger charge is -2.07. The highest BCUT2D eigenvalue weighted by atomic mass is 32.1. The van der Waals surface area contributed by atoms with E-state index in [4.69, 9.17) is 0 Å². The minimum atomic E-state index is -0.561. The van der Waals surface area contributed by atoms with Gasteiger partial charge in [0.15, 0.2) is 0 Å². The molecular formula is C12H14N4O3S. The Morgan fingerprint density at radius 3 is 3.00 bits per heavy atom. The lowest BCUT2D eigenvalue weighted by atomic mass is 10.4. The third-order valence-corrected chi connectivity index (χ3v) is 3.37. The Bertz CT molecular complexity index is 691. The van der Waals surface area contributed by atoms with Gasteiger partial charge in [-0.2, -0.15) is 0 Å². The number of carbonyl (C=O) groups is 2. The first kappa shape index (κ1) is 14.2. The van der Waals surface area contributed by atoms with Crippen LogP contribution in [0.15, 0.2) is 22.6 Å². The second-order valence-corrected chi connectivity index (χ2v) is 5.02. The molecule has 0 saturated heterocycles. The van der Waals surface area contributed by atoms with E-state index in [1.165, 1.54) is 22.2 Å². The van der Waals surface area contributed by atoms with Crippen LogP contribution in [-0.2, 0) is 11.3 Å². The molecule has 0 atom stereocenters. The van der Waals surface area contributed by atoms with Crippen LogP contribution >= 0.6 is 11.3 Å². The summed E-state index contributed by atoms with van der Waals surface area (Å²) >= 11 is 1.36. The summed E-state index contributed by atoms with van der Waals surface area (Å²) in [6.07, 6.45) is 2.09. The number of amides is 3. The van der Waals surface area contributed by atoms with Crippen molar-refractivity contribution in [3.8, 4) is 0 Å². The Kier molecular flexibility index (Phi) is 4.46. The van der Waals surface area contributed by atoms with Crippen LogP contribution in [0.1, 0.15) is 13.3 Å². The van der Waals surface area contributed by atoms with Crippen molar-refractivity contribution in [2.75, 3.05) is 6.54 Å². The first-order chi connectivity index (χ1) is 9.61. The van der Waals surface area contributed by atoms with E-state index in [-0.39, 0.29) is 12.1 Å². The molecule has 8 heteroatoms. The number of urea groups is 1. The minimum Gasteiger partial charge on any atom is -0.338 e. The van der Waals surface area contributed by atoms with Crippen molar-refractivity contribution in [2.45, 2.75) is 19.9 Å². The Morgan fingerprint density at radius 2 is 2.25 bits per heavy atom. The van der Waals surface area contributed by atoms with Crippen LogP contribution in [0.25, 0.3) is 10.2 Å². The molecule has 0 fully saturated rings. The highest BCUT2D eigenvalue weighted by Gasteiger charge is 2.11. The third-order valence-electron chi connectivity index (χ3n) is 2.55. The summed E-state index contributed by atoms with van der Waals surface area (Å²) in [5.41, 5.74) is -0.291. The lowest BCUT2D eigenvalue weighted by molar-refractivity contribution is -0.120. The smallest absolute Gasteiger partial charge is 0.321 e. The average Bonchev–Trinajstić information content (AvgIpc) is 2.88. The van der Waals surface area contributed by atoms with Gasteiger partial charge in [-0.3, -0.25) is 19.5 Å². The number of carbonyl (C=O) groups excluding carboxylic acids is 2. The fourth-order valence-corrected chi connectivity index (χ4v) is 2.33. The zero-order valence-corrected chi connectivity index (χ0v) is 11.7. The van der Waals surface area contributed by atoms with E-state index >= 15 is 0 Å². The molecule has 2 heterocycles. The minimum absolute atomic E-state index is 0.239. The fourth-order valence-electron chi connectivity index (χ4n) is 1.61. The Labute approximate surface area is 118 Å². The van der Waals surface area contributed by atoms with Gasteiger partial charge < -0.3 is 5.32 Å². The first-order valence-corrected chi connectivity index (χ1v) is 7.00. The predicted molar refractivity (Wildman–Crippen MR) is 75.7 cm³/mol. The van der Waals surface area contributed by atoms with E-state index in [0.29, 0.717) is 16.8 Å². The van der Waals surface area contributed by atoms with Crippen molar-refractivity contribution in [3.63, 3.8) is 0 Å². The maximum Gasteiger partial charge on any atom is 0.321 e. The van der Waals surface area contributed by atoms with E-state index in [1.54, 1.807) is 11.4 Å². The van der Waals surface area contributed by atoms with Crippen molar-refractivity contribution in [3.05, 3.63) is 28.1 Å². The van der Waals surface area contributed by atoms with Gasteiger partial charge in [-0.25, -0.2) is 9.78 Å². The Hall–Kier alpha value is -2.22. The number of imide groups is 1. The van der Waals surface area contributed by atoms with Crippen LogP contribution in [0, 0.1) is 0 Å². The van der Waals surface area contributed by atoms with E-state index < -0.39 is 11.9 Å². The number of fused-ring (bicyclic) bond motifs is 1. The molecule has 0 radical (unpaired) electrons. The summed E-state index contributed by atoms with van der Waals surface area (Å²) in [6, 6.07) is 1.10. The standard InChI is InChI=1S/C12H14N4O3S/c1-2-4-13-12(19)15-9(17)6-16-7-14-10-8(11(16)18)3-5-20-10/h3,5,7H,2,4,6H2,1H3,(H2,13,15,17,19). The first-order valence-electron chi connectivity index (χ1n) is 6.12. The van der Waals surface area contributed by atoms with Crippen LogP contribution in [0.5, 0.6) is 0 Å². The summed E-state index contributed by atoms with van der Waals surface area (Å²) in [7, 11) is 0. The van der Waals surface area contributed by atoms with Crippen LogP contribution in [-0.4, -0.2) is 28.0 Å². The third kappa shape index (κ3) is 3.21. The van der Waals surface area contributed by atoms with Crippen molar-refractivity contribution < 1.29 is 9.59 Å². The summed E-state index contributed by atoms with van der Waals surface area (Å²) in [4.78, 5) is 39.7. The maximum absolute atomic E-state index is 12.0. The molecule has 106 valence electrons. The molecule has 20 heavy (non-hydrogen) atoms. The van der Waals surface area contributed by atoms with Crippen LogP contribution < -0.4 is 16.2 Å². The molecule has 0 aliphatic rings. The van der Waals surface area contributed by atoms with E-state index in [2.05, 4.69) is 15.6 Å². The summed E-state index contributed by atoms with van der Waals surface area (Å²) in [6.45, 7) is 2.15. The monoisotopic (exact) mass is 294 g/mol. The van der Waals surface area contributed by atoms with Crippen molar-refractivity contribution in [2.24, 2.45) is 0 Å². The highest BCUT2D eigenvalue weighted by Crippen LogP contribution is 2.12. The zero-order chi connectivity index (χ0) is 14.5. The Morgan fingerprint density at radius 1 is 1.45 bits per heavy atom. The number of nitrogens with one attached hydrogen (secondary N) is 2. The van der Waals surface area contributed by atoms with E-state index in [1.807, 2.05) is 6.92 Å². The number of thiophene rings is 1. The second-order valence-electron chi connectivity index (χ2n) is 4.12. The van der Waals surface area contributed by atoms with Gasteiger partial charge in [-0.05, 0) is 17.9 Å². The van der Waals surface area contributed by atoms with Gasteiger partial charge in [0.05, 0.1) is 11.7 Å². The lowest BCUT2D eigenvalue weighted by Crippen LogP contribution is -2.42. The molecule has 2 N–H and O–H groups in total. The molecule has 7 nitrogen and oxygen atoms in total. The summed E-state index contributed by atoms with van der Waals surface area (Å²) in [5.74, 6) is -0.558. The molecule has 0 bridgehead atoms. The molecule has 0 spiro atoms. The summed E-state index contributed by atoms with van der Waals surface area (Å²) in [5, 5.41) is 6.91. The van der Waals surface area contributed by atoms with Crippen molar-refractivity contribution in [1.29, 1.82) is 0 Å². The molecule has 0 aromatic carbocycles. The zero-order valence-electron chi connectivity index (χ0n) is 10.9. The summed E-state index contributed by atoms with van der Waals surface area (Å²) < 4.78 is 1.18. The van der Waals surface area contributed by atoms with Crippen LogP contribution in [0.3, 0.4) is 0 Å². The molecule has 2 aromatic rings. The second kappa shape index (κ2) is 6.29. The molecule has 0 aliphatic carbocycles. The maximum atomic E-state index is 12.0. The van der Waals surface area contributed by atoms with Crippen molar-refractivity contribution >= 4 is 33.5 Å². The molecule has 0 unspecified atom stereocenters. The number of hydrogen-bond donors (Lipinski definition) is 2.